The first kappa shape index (κ1) is 16.0. The molecule has 1 saturated carbocycles. The topological polar surface area (TPSA) is 29.5 Å². The van der Waals surface area contributed by atoms with Gasteiger partial charge in [-0.05, 0) is 25.2 Å². The molecular weight excluding hydrogens is 270 g/mol. The maximum Gasteiger partial charge on any atom is 0.411 e. The smallest absolute Gasteiger partial charge is 0.411 e. The fraction of sp³-hybridized carbons (Fsp3) is 0.938. The van der Waals surface area contributed by atoms with Crippen molar-refractivity contribution in [3.63, 3.8) is 0 Å². The van der Waals surface area contributed by atoms with Gasteiger partial charge in [0.25, 0.3) is 0 Å². The Hall–Kier alpha value is -0.380. The number of thioether (sulfide) groups is 1. The molecule has 20 heavy (non-hydrogen) atoms. The Bertz CT molecular complexity index is 334. The second-order valence-corrected chi connectivity index (χ2v) is 8.85. The molecule has 0 spiro atoms. The van der Waals surface area contributed by atoms with E-state index in [-0.39, 0.29) is 23.0 Å². The summed E-state index contributed by atoms with van der Waals surface area (Å²) in [6, 6.07) is 0.278. The summed E-state index contributed by atoms with van der Waals surface area (Å²) in [4.78, 5) is 14.2. The highest BCUT2D eigenvalue weighted by Gasteiger charge is 2.44. The number of amides is 1. The van der Waals surface area contributed by atoms with E-state index >= 15 is 0 Å². The fourth-order valence-corrected chi connectivity index (χ4v) is 4.14. The lowest BCUT2D eigenvalue weighted by molar-refractivity contribution is 0.0727. The molecule has 0 bridgehead atoms. The molecule has 1 amide bonds. The highest BCUT2D eigenvalue weighted by atomic mass is 32.2. The van der Waals surface area contributed by atoms with Crippen molar-refractivity contribution in [3.8, 4) is 0 Å². The summed E-state index contributed by atoms with van der Waals surface area (Å²) in [7, 11) is 0. The zero-order valence-corrected chi connectivity index (χ0v) is 14.2. The average Bonchev–Trinajstić information content (AvgIpc) is 2.73. The van der Waals surface area contributed by atoms with Crippen LogP contribution in [0.15, 0.2) is 0 Å². The van der Waals surface area contributed by atoms with Gasteiger partial charge in [0, 0.05) is 4.75 Å². The van der Waals surface area contributed by atoms with Crippen molar-refractivity contribution in [1.82, 2.24) is 4.90 Å². The second-order valence-electron chi connectivity index (χ2n) is 7.08. The summed E-state index contributed by atoms with van der Waals surface area (Å²) in [5, 5.41) is 0. The molecule has 0 aromatic heterocycles. The Morgan fingerprint density at radius 1 is 1.25 bits per heavy atom. The quantitative estimate of drug-likeness (QED) is 0.756. The minimum Gasteiger partial charge on any atom is -0.444 e. The highest BCUT2D eigenvalue weighted by molar-refractivity contribution is 8.00. The normalized spacial score (nSPS) is 28.8. The molecule has 0 radical (unpaired) electrons. The summed E-state index contributed by atoms with van der Waals surface area (Å²) in [5.41, 5.74) is 0. The molecule has 2 aliphatic rings. The number of ether oxygens (including phenoxy) is 1. The van der Waals surface area contributed by atoms with Crippen LogP contribution in [0.3, 0.4) is 0 Å². The third-order valence-electron chi connectivity index (χ3n) is 4.42. The van der Waals surface area contributed by atoms with Gasteiger partial charge in [0.1, 0.15) is 6.10 Å². The largest absolute Gasteiger partial charge is 0.444 e. The molecule has 1 aliphatic carbocycles. The predicted octanol–water partition coefficient (Wildman–Crippen LogP) is 4.66. The van der Waals surface area contributed by atoms with Crippen LogP contribution in [0.4, 0.5) is 4.79 Å². The van der Waals surface area contributed by atoms with Crippen LogP contribution < -0.4 is 0 Å². The van der Waals surface area contributed by atoms with Gasteiger partial charge in [0.05, 0.1) is 11.9 Å². The minimum absolute atomic E-state index is 0.0934. The van der Waals surface area contributed by atoms with E-state index in [9.17, 15) is 4.79 Å². The van der Waals surface area contributed by atoms with Crippen LogP contribution in [0, 0.1) is 5.92 Å². The maximum atomic E-state index is 12.2. The lowest BCUT2D eigenvalue weighted by atomic mass is 9.82. The Morgan fingerprint density at radius 3 is 2.45 bits per heavy atom. The van der Waals surface area contributed by atoms with Gasteiger partial charge in [-0.15, -0.1) is 11.8 Å². The Balaban J connectivity index is 2.00. The number of hydrogen-bond acceptors (Lipinski definition) is 3. The first-order valence-electron chi connectivity index (χ1n) is 8.03. The summed E-state index contributed by atoms with van der Waals surface area (Å²) >= 11 is 1.83. The maximum absolute atomic E-state index is 12.2. The SMILES string of the molecule is CC[C@@H]1[C@@H](C2CCCCC2)OC(=O)N1CSC(C)(C)C. The lowest BCUT2D eigenvalue weighted by Crippen LogP contribution is -2.40. The number of carbonyl (C=O) groups excluding carboxylic acids is 1. The second kappa shape index (κ2) is 6.59. The Labute approximate surface area is 127 Å². The molecule has 0 aromatic carbocycles. The van der Waals surface area contributed by atoms with E-state index in [0.717, 1.165) is 12.3 Å². The van der Waals surface area contributed by atoms with Gasteiger partial charge in [-0.2, -0.15) is 0 Å². The van der Waals surface area contributed by atoms with Crippen LogP contribution in [-0.4, -0.2) is 33.8 Å². The molecule has 2 atom stereocenters. The van der Waals surface area contributed by atoms with E-state index in [1.165, 1.54) is 32.1 Å². The third kappa shape index (κ3) is 3.84. The van der Waals surface area contributed by atoms with Gasteiger partial charge in [0.2, 0.25) is 0 Å². The molecule has 1 heterocycles. The van der Waals surface area contributed by atoms with Crippen LogP contribution >= 0.6 is 11.8 Å². The summed E-state index contributed by atoms with van der Waals surface area (Å²) < 4.78 is 5.94. The molecule has 0 aromatic rings. The molecule has 1 saturated heterocycles. The number of nitrogens with zero attached hydrogens (tertiary/aromatic N) is 1. The number of cyclic esters (lactones) is 1. The molecule has 0 unspecified atom stereocenters. The Kier molecular flexibility index (Phi) is 5.27. The number of hydrogen-bond donors (Lipinski definition) is 0. The van der Waals surface area contributed by atoms with Crippen molar-refractivity contribution in [3.05, 3.63) is 0 Å². The molecule has 2 rings (SSSR count). The zero-order valence-electron chi connectivity index (χ0n) is 13.4. The monoisotopic (exact) mass is 299 g/mol. The molecular formula is C16H29NO2S. The van der Waals surface area contributed by atoms with Crippen molar-refractivity contribution in [1.29, 1.82) is 0 Å². The number of carbonyl (C=O) groups is 1. The number of rotatable bonds is 4. The highest BCUT2D eigenvalue weighted by Crippen LogP contribution is 2.37. The van der Waals surface area contributed by atoms with Gasteiger partial charge in [0.15, 0.2) is 0 Å². The van der Waals surface area contributed by atoms with Gasteiger partial charge in [-0.1, -0.05) is 47.0 Å². The van der Waals surface area contributed by atoms with Gasteiger partial charge >= 0.3 is 6.09 Å². The van der Waals surface area contributed by atoms with Crippen LogP contribution in [-0.2, 0) is 4.74 Å². The molecule has 3 nitrogen and oxygen atoms in total. The summed E-state index contributed by atoms with van der Waals surface area (Å²) in [5.74, 6) is 1.34. The Morgan fingerprint density at radius 2 is 1.90 bits per heavy atom. The van der Waals surface area contributed by atoms with Crippen LogP contribution in [0.5, 0.6) is 0 Å². The van der Waals surface area contributed by atoms with Crippen molar-refractivity contribution in [2.24, 2.45) is 5.92 Å². The van der Waals surface area contributed by atoms with E-state index in [2.05, 4.69) is 27.7 Å². The first-order chi connectivity index (χ1) is 9.42. The van der Waals surface area contributed by atoms with Crippen LogP contribution in [0.25, 0.3) is 0 Å². The fourth-order valence-electron chi connectivity index (χ4n) is 3.31. The molecule has 4 heteroatoms. The van der Waals surface area contributed by atoms with Gasteiger partial charge in [-0.3, -0.25) is 4.90 Å². The van der Waals surface area contributed by atoms with Gasteiger partial charge in [-0.25, -0.2) is 4.79 Å². The van der Waals surface area contributed by atoms with Crippen molar-refractivity contribution in [2.75, 3.05) is 5.88 Å². The lowest BCUT2D eigenvalue weighted by Gasteiger charge is -2.31. The summed E-state index contributed by atoms with van der Waals surface area (Å²) in [6.07, 6.45) is 7.44. The molecule has 2 fully saturated rings. The summed E-state index contributed by atoms with van der Waals surface area (Å²) in [6.45, 7) is 8.76. The van der Waals surface area contributed by atoms with Crippen LogP contribution in [0.1, 0.15) is 66.2 Å². The standard InChI is InChI=1S/C16H29NO2S/c1-5-13-14(12-9-7-6-8-10-12)19-15(18)17(13)11-20-16(2,3)4/h12-14H,5-11H2,1-4H3/t13-,14-/m1/s1. The average molecular weight is 299 g/mol. The van der Waals surface area contributed by atoms with Crippen molar-refractivity contribution >= 4 is 17.9 Å². The van der Waals surface area contributed by atoms with E-state index in [4.69, 9.17) is 4.74 Å². The van der Waals surface area contributed by atoms with Gasteiger partial charge < -0.3 is 4.74 Å². The molecule has 1 aliphatic heterocycles. The predicted molar refractivity (Wildman–Crippen MR) is 85.0 cm³/mol. The van der Waals surface area contributed by atoms with E-state index in [1.54, 1.807) is 0 Å². The van der Waals surface area contributed by atoms with Crippen molar-refractivity contribution < 1.29 is 9.53 Å². The van der Waals surface area contributed by atoms with Crippen LogP contribution in [0.2, 0.25) is 0 Å². The van der Waals surface area contributed by atoms with E-state index < -0.39 is 0 Å². The molecule has 0 N–H and O–H groups in total. The zero-order chi connectivity index (χ0) is 14.8. The first-order valence-corrected chi connectivity index (χ1v) is 9.02. The minimum atomic E-state index is -0.0934. The van der Waals surface area contributed by atoms with E-state index in [1.807, 2.05) is 16.7 Å². The third-order valence-corrected chi connectivity index (χ3v) is 5.69. The van der Waals surface area contributed by atoms with E-state index in [0.29, 0.717) is 5.92 Å². The molecule has 116 valence electrons. The van der Waals surface area contributed by atoms with Crippen molar-refractivity contribution in [2.45, 2.75) is 83.1 Å².